The minimum Gasteiger partial charge on any atom is -0.256 e. The highest BCUT2D eigenvalue weighted by Crippen LogP contribution is 2.21. The van der Waals surface area contributed by atoms with Gasteiger partial charge in [-0.15, -0.1) is 0 Å². The lowest BCUT2D eigenvalue weighted by molar-refractivity contribution is 0.649. The van der Waals surface area contributed by atoms with E-state index >= 15 is 0 Å². The molecule has 0 atom stereocenters. The van der Waals surface area contributed by atoms with Crippen LogP contribution in [0.3, 0.4) is 0 Å². The van der Waals surface area contributed by atoms with Gasteiger partial charge in [0, 0.05) is 11.8 Å². The molecule has 2 heteroatoms. The smallest absolute Gasteiger partial charge is 0.181 e. The average Bonchev–Trinajstić information content (AvgIpc) is 2.92. The fourth-order valence-corrected chi connectivity index (χ4v) is 10.2. The molecule has 35 heavy (non-hydrogen) atoms. The van der Waals surface area contributed by atoms with Crippen molar-refractivity contribution >= 4 is 28.8 Å². The van der Waals surface area contributed by atoms with E-state index in [1.54, 1.807) is 0 Å². The van der Waals surface area contributed by atoms with Gasteiger partial charge < -0.3 is 0 Å². The van der Waals surface area contributed by atoms with Crippen molar-refractivity contribution in [2.24, 2.45) is 5.92 Å². The maximum atomic E-state index is 5.09. The minimum absolute atomic E-state index is 0.536. The zero-order chi connectivity index (χ0) is 24.1. The molecule has 5 rings (SSSR count). The molecule has 0 N–H and O–H groups in total. The highest BCUT2D eigenvalue weighted by molar-refractivity contribution is 7.20. The van der Waals surface area contributed by atoms with Crippen LogP contribution in [0.15, 0.2) is 134 Å². The fraction of sp³-hybridized carbons (Fsp3) is 0.121. The monoisotopic (exact) mass is 469 g/mol. The van der Waals surface area contributed by atoms with Crippen LogP contribution in [0.1, 0.15) is 19.4 Å². The molecule has 0 fully saturated rings. The summed E-state index contributed by atoms with van der Waals surface area (Å²) in [7, 11) is -2.60. The third-order valence-corrected chi connectivity index (χ3v) is 11.6. The summed E-state index contributed by atoms with van der Waals surface area (Å²) in [6.07, 6.45) is 3.21. The summed E-state index contributed by atoms with van der Waals surface area (Å²) in [5, 5.41) is 5.54. The molecule has 0 spiro atoms. The van der Waals surface area contributed by atoms with E-state index in [-0.39, 0.29) is 0 Å². The first-order valence-electron chi connectivity index (χ1n) is 12.4. The van der Waals surface area contributed by atoms with Crippen molar-refractivity contribution < 1.29 is 0 Å². The Bertz CT molecular complexity index is 1270. The van der Waals surface area contributed by atoms with E-state index in [2.05, 4.69) is 147 Å². The van der Waals surface area contributed by atoms with Gasteiger partial charge in [-0.1, -0.05) is 135 Å². The lowest BCUT2D eigenvalue weighted by Crippen LogP contribution is -2.75. The maximum Gasteiger partial charge on any atom is 0.181 e. The van der Waals surface area contributed by atoms with E-state index in [4.69, 9.17) is 4.98 Å². The van der Waals surface area contributed by atoms with Gasteiger partial charge in [0.05, 0.1) is 5.69 Å². The van der Waals surface area contributed by atoms with Crippen molar-refractivity contribution in [1.82, 2.24) is 4.98 Å². The van der Waals surface area contributed by atoms with Crippen LogP contribution in [0.2, 0.25) is 0 Å². The van der Waals surface area contributed by atoms with Crippen LogP contribution in [0.25, 0.3) is 11.3 Å². The normalized spacial score (nSPS) is 11.5. The van der Waals surface area contributed by atoms with E-state index < -0.39 is 8.07 Å². The van der Waals surface area contributed by atoms with Gasteiger partial charge in [-0.2, -0.15) is 0 Å². The Kier molecular flexibility index (Phi) is 6.74. The van der Waals surface area contributed by atoms with E-state index in [1.807, 2.05) is 0 Å². The Hall–Kier alpha value is -3.75. The van der Waals surface area contributed by atoms with Crippen LogP contribution in [-0.2, 0) is 6.42 Å². The van der Waals surface area contributed by atoms with E-state index in [9.17, 15) is 0 Å². The van der Waals surface area contributed by atoms with Gasteiger partial charge in [0.1, 0.15) is 0 Å². The number of hydrogen-bond donors (Lipinski definition) is 0. The van der Waals surface area contributed by atoms with Crippen LogP contribution in [0.4, 0.5) is 0 Å². The molecule has 0 bridgehead atoms. The van der Waals surface area contributed by atoms with Crippen LogP contribution < -0.4 is 20.7 Å². The van der Waals surface area contributed by atoms with Gasteiger partial charge in [0.2, 0.25) is 0 Å². The second kappa shape index (κ2) is 10.2. The highest BCUT2D eigenvalue weighted by Gasteiger charge is 2.43. The van der Waals surface area contributed by atoms with Crippen molar-refractivity contribution in [3.63, 3.8) is 0 Å². The molecular weight excluding hydrogens is 438 g/mol. The third kappa shape index (κ3) is 4.50. The van der Waals surface area contributed by atoms with Gasteiger partial charge in [-0.3, -0.25) is 4.98 Å². The first-order valence-corrected chi connectivity index (χ1v) is 14.4. The van der Waals surface area contributed by atoms with Crippen LogP contribution in [0.5, 0.6) is 0 Å². The van der Waals surface area contributed by atoms with Gasteiger partial charge in [-0.25, -0.2) is 0 Å². The Morgan fingerprint density at radius 2 is 1.03 bits per heavy atom. The average molecular weight is 470 g/mol. The molecule has 172 valence electrons. The van der Waals surface area contributed by atoms with Crippen LogP contribution in [0, 0.1) is 5.92 Å². The zero-order valence-electron chi connectivity index (χ0n) is 20.4. The largest absolute Gasteiger partial charge is 0.256 e. The summed E-state index contributed by atoms with van der Waals surface area (Å²) in [5.41, 5.74) is 3.61. The molecule has 0 radical (unpaired) electrons. The SMILES string of the molecule is CC(C)Cc1cc(-c2ccccc2)ncc1[Si](c1ccccc1)(c1ccccc1)c1ccccc1. The van der Waals surface area contributed by atoms with Crippen molar-refractivity contribution in [3.05, 3.63) is 139 Å². The first-order chi connectivity index (χ1) is 17.2. The second-order valence-electron chi connectivity index (χ2n) is 9.54. The standard InChI is InChI=1S/C33H31NSi/c1-26(2)23-28-24-32(27-15-7-3-8-16-27)34-25-33(28)35(29-17-9-4-10-18-29,30-19-11-5-12-20-30)31-21-13-6-14-22-31/h3-22,24-26H,23H2,1-2H3. The number of rotatable bonds is 7. The van der Waals surface area contributed by atoms with Crippen molar-refractivity contribution in [2.75, 3.05) is 0 Å². The molecule has 0 saturated carbocycles. The molecular formula is C33H31NSi. The summed E-state index contributed by atoms with van der Waals surface area (Å²) in [4.78, 5) is 5.09. The molecule has 0 amide bonds. The van der Waals surface area contributed by atoms with Crippen molar-refractivity contribution in [2.45, 2.75) is 20.3 Å². The molecule has 1 aromatic heterocycles. The summed E-state index contributed by atoms with van der Waals surface area (Å²) in [6, 6.07) is 46.2. The lowest BCUT2D eigenvalue weighted by atomic mass is 10.0. The Balaban J connectivity index is 1.87. The first kappa shape index (κ1) is 23.0. The van der Waals surface area contributed by atoms with Gasteiger partial charge >= 0.3 is 0 Å². The molecule has 4 aromatic carbocycles. The highest BCUT2D eigenvalue weighted by atomic mass is 28.3. The lowest BCUT2D eigenvalue weighted by Gasteiger charge is -2.36. The summed E-state index contributed by atoms with van der Waals surface area (Å²) in [5.74, 6) is 0.536. The number of hydrogen-bond acceptors (Lipinski definition) is 1. The molecule has 0 aliphatic rings. The molecule has 5 aromatic rings. The molecule has 0 aliphatic heterocycles. The van der Waals surface area contributed by atoms with Crippen LogP contribution >= 0.6 is 0 Å². The minimum atomic E-state index is -2.60. The quantitative estimate of drug-likeness (QED) is 0.232. The predicted octanol–water partition coefficient (Wildman–Crippen LogP) is 5.32. The van der Waals surface area contributed by atoms with Crippen LogP contribution in [-0.4, -0.2) is 13.1 Å². The van der Waals surface area contributed by atoms with E-state index in [0.717, 1.165) is 17.7 Å². The van der Waals surface area contributed by atoms with Crippen molar-refractivity contribution in [1.29, 1.82) is 0 Å². The van der Waals surface area contributed by atoms with Crippen molar-refractivity contribution in [3.8, 4) is 11.3 Å². The van der Waals surface area contributed by atoms with Gasteiger partial charge in [-0.05, 0) is 44.7 Å². The topological polar surface area (TPSA) is 12.9 Å². The van der Waals surface area contributed by atoms with E-state index in [1.165, 1.54) is 26.3 Å². The molecule has 0 aliphatic carbocycles. The molecule has 1 nitrogen and oxygen atoms in total. The number of benzene rings is 4. The molecule has 0 saturated heterocycles. The molecule has 1 heterocycles. The maximum absolute atomic E-state index is 5.09. The third-order valence-electron chi connectivity index (χ3n) is 6.71. The summed E-state index contributed by atoms with van der Waals surface area (Å²) >= 11 is 0. The van der Waals surface area contributed by atoms with E-state index in [0.29, 0.717) is 5.92 Å². The Labute approximate surface area is 210 Å². The Morgan fingerprint density at radius 3 is 1.46 bits per heavy atom. The second-order valence-corrected chi connectivity index (χ2v) is 13.3. The Morgan fingerprint density at radius 1 is 0.600 bits per heavy atom. The number of pyridine rings is 1. The number of aromatic nitrogens is 1. The predicted molar refractivity (Wildman–Crippen MR) is 152 cm³/mol. The zero-order valence-corrected chi connectivity index (χ0v) is 21.4. The summed E-state index contributed by atoms with van der Waals surface area (Å²) in [6.45, 7) is 4.62. The molecule has 0 unspecified atom stereocenters. The fourth-order valence-electron chi connectivity index (χ4n) is 5.24. The number of nitrogens with zero attached hydrogens (tertiary/aromatic N) is 1. The van der Waals surface area contributed by atoms with Gasteiger partial charge in [0.25, 0.3) is 0 Å². The summed E-state index contributed by atoms with van der Waals surface area (Å²) < 4.78 is 0. The van der Waals surface area contributed by atoms with Gasteiger partial charge in [0.15, 0.2) is 8.07 Å².